The Balaban J connectivity index is 0.00000225. The number of aromatic nitrogens is 1. The van der Waals surface area contributed by atoms with Gasteiger partial charge >= 0.3 is 0 Å². The van der Waals surface area contributed by atoms with Crippen LogP contribution in [0.5, 0.6) is 11.5 Å². The van der Waals surface area contributed by atoms with Crippen LogP contribution in [0.2, 0.25) is 0 Å². The molecule has 0 atom stereocenters. The van der Waals surface area contributed by atoms with Crippen molar-refractivity contribution in [2.24, 2.45) is 0 Å². The Kier molecular flexibility index (Phi) is 7.17. The number of aromatic amines is 1. The van der Waals surface area contributed by atoms with Crippen LogP contribution < -0.4 is 27.2 Å². The zero-order valence-electron chi connectivity index (χ0n) is 14.3. The van der Waals surface area contributed by atoms with E-state index < -0.39 is 0 Å². The van der Waals surface area contributed by atoms with E-state index in [0.29, 0.717) is 0 Å². The minimum atomic E-state index is 0. The number of quaternary nitrogens is 1. The average Bonchev–Trinajstić information content (AvgIpc) is 3.01. The van der Waals surface area contributed by atoms with Crippen molar-refractivity contribution in [3.05, 3.63) is 58.2 Å². The molecule has 0 aliphatic heterocycles. The first-order valence-corrected chi connectivity index (χ1v) is 8.79. The predicted octanol–water partition coefficient (Wildman–Crippen LogP) is 0.258. The lowest BCUT2D eigenvalue weighted by molar-refractivity contribution is -0.670. The Bertz CT molecular complexity index is 835. The number of nitrogens with two attached hydrogens (primary N) is 1. The van der Waals surface area contributed by atoms with E-state index in [1.165, 1.54) is 22.0 Å². The van der Waals surface area contributed by atoms with Gasteiger partial charge in [0, 0.05) is 29.1 Å². The van der Waals surface area contributed by atoms with Crippen LogP contribution in [0, 0.1) is 0 Å². The SMILES string of the molecule is COc1cc(C[NH2+]CCc2c[nH]c3ccccc23)cc(Br)c1OC.[Cl-]. The molecule has 3 rings (SSSR count). The molecular formula is C19H22BrClN2O2. The quantitative estimate of drug-likeness (QED) is 0.534. The highest BCUT2D eigenvalue weighted by atomic mass is 79.9. The van der Waals surface area contributed by atoms with E-state index in [-0.39, 0.29) is 12.4 Å². The summed E-state index contributed by atoms with van der Waals surface area (Å²) in [5.41, 5.74) is 3.78. The topological polar surface area (TPSA) is 50.9 Å². The zero-order chi connectivity index (χ0) is 16.9. The zero-order valence-corrected chi connectivity index (χ0v) is 16.7. The fraction of sp³-hybridized carbons (Fsp3) is 0.263. The van der Waals surface area contributed by atoms with Crippen molar-refractivity contribution in [2.45, 2.75) is 13.0 Å². The fourth-order valence-corrected chi connectivity index (χ4v) is 3.61. The summed E-state index contributed by atoms with van der Waals surface area (Å²) in [5.74, 6) is 1.49. The summed E-state index contributed by atoms with van der Waals surface area (Å²) in [4.78, 5) is 3.33. The molecule has 2 aromatic carbocycles. The number of H-pyrrole nitrogens is 1. The second kappa shape index (κ2) is 9.13. The lowest BCUT2D eigenvalue weighted by Gasteiger charge is -2.11. The van der Waals surface area contributed by atoms with Crippen LogP contribution in [0.4, 0.5) is 0 Å². The van der Waals surface area contributed by atoms with E-state index in [4.69, 9.17) is 9.47 Å². The molecule has 0 spiro atoms. The largest absolute Gasteiger partial charge is 1.00 e. The summed E-state index contributed by atoms with van der Waals surface area (Å²) in [6.07, 6.45) is 3.16. The first-order valence-electron chi connectivity index (χ1n) is 8.00. The van der Waals surface area contributed by atoms with Crippen LogP contribution in [0.1, 0.15) is 11.1 Å². The Morgan fingerprint density at radius 3 is 2.68 bits per heavy atom. The molecule has 3 N–H and O–H groups in total. The summed E-state index contributed by atoms with van der Waals surface area (Å²) >= 11 is 3.54. The van der Waals surface area contributed by atoms with Gasteiger partial charge in [-0.15, -0.1) is 0 Å². The van der Waals surface area contributed by atoms with Crippen LogP contribution >= 0.6 is 15.9 Å². The first-order chi connectivity index (χ1) is 11.7. The van der Waals surface area contributed by atoms with Gasteiger partial charge in [0.2, 0.25) is 0 Å². The second-order valence-corrected chi connectivity index (χ2v) is 6.56. The third kappa shape index (κ3) is 4.48. The molecule has 25 heavy (non-hydrogen) atoms. The van der Waals surface area contributed by atoms with Gasteiger partial charge < -0.3 is 32.2 Å². The minimum absolute atomic E-state index is 0. The molecule has 3 aromatic rings. The molecule has 0 fully saturated rings. The second-order valence-electron chi connectivity index (χ2n) is 5.70. The molecular weight excluding hydrogens is 404 g/mol. The highest BCUT2D eigenvalue weighted by molar-refractivity contribution is 9.10. The first kappa shape index (κ1) is 19.6. The number of hydrogen-bond donors (Lipinski definition) is 2. The van der Waals surface area contributed by atoms with E-state index in [2.05, 4.69) is 62.8 Å². The standard InChI is InChI=1S/C19H21BrN2O2.ClH/c1-23-18-10-13(9-16(20)19(18)24-2)11-21-8-7-14-12-22-17-6-4-3-5-15(14)17;/h3-6,9-10,12,21-22H,7-8,11H2,1-2H3;1H. The van der Waals surface area contributed by atoms with Crippen molar-refractivity contribution >= 4 is 26.8 Å². The minimum Gasteiger partial charge on any atom is -1.00 e. The monoisotopic (exact) mass is 424 g/mol. The van der Waals surface area contributed by atoms with Crippen molar-refractivity contribution in [2.75, 3.05) is 20.8 Å². The molecule has 4 nitrogen and oxygen atoms in total. The molecule has 0 radical (unpaired) electrons. The molecule has 0 saturated heterocycles. The number of fused-ring (bicyclic) bond motifs is 1. The summed E-state index contributed by atoms with van der Waals surface area (Å²) in [5, 5.41) is 3.63. The number of benzene rings is 2. The molecule has 0 saturated carbocycles. The molecule has 0 unspecified atom stereocenters. The molecule has 0 aliphatic rings. The maximum absolute atomic E-state index is 5.40. The number of nitrogens with one attached hydrogen (secondary N) is 1. The lowest BCUT2D eigenvalue weighted by Crippen LogP contribution is -3.00. The van der Waals surface area contributed by atoms with Gasteiger partial charge in [0.05, 0.1) is 25.2 Å². The molecule has 0 bridgehead atoms. The lowest BCUT2D eigenvalue weighted by atomic mass is 10.1. The van der Waals surface area contributed by atoms with E-state index in [1.807, 2.05) is 6.07 Å². The molecule has 0 aliphatic carbocycles. The molecule has 0 amide bonds. The fourth-order valence-electron chi connectivity index (χ4n) is 2.95. The highest BCUT2D eigenvalue weighted by Crippen LogP contribution is 2.36. The maximum Gasteiger partial charge on any atom is 0.174 e. The number of rotatable bonds is 7. The third-order valence-electron chi connectivity index (χ3n) is 4.17. The van der Waals surface area contributed by atoms with E-state index in [0.717, 1.165) is 35.5 Å². The summed E-state index contributed by atoms with van der Waals surface area (Å²) in [6, 6.07) is 12.6. The molecule has 1 aromatic heterocycles. The highest BCUT2D eigenvalue weighted by Gasteiger charge is 2.11. The molecule has 1 heterocycles. The van der Waals surface area contributed by atoms with Crippen LogP contribution in [0.25, 0.3) is 10.9 Å². The van der Waals surface area contributed by atoms with Crippen molar-refractivity contribution in [3.8, 4) is 11.5 Å². The Labute approximate surface area is 162 Å². The Hall–Kier alpha value is -1.69. The van der Waals surface area contributed by atoms with Gasteiger partial charge in [-0.05, 0) is 39.7 Å². The molecule has 134 valence electrons. The van der Waals surface area contributed by atoms with Gasteiger partial charge in [-0.25, -0.2) is 0 Å². The Morgan fingerprint density at radius 1 is 1.12 bits per heavy atom. The number of methoxy groups -OCH3 is 2. The predicted molar refractivity (Wildman–Crippen MR) is 99.7 cm³/mol. The van der Waals surface area contributed by atoms with Crippen LogP contribution in [0.3, 0.4) is 0 Å². The van der Waals surface area contributed by atoms with Crippen molar-refractivity contribution in [1.29, 1.82) is 0 Å². The summed E-state index contributed by atoms with van der Waals surface area (Å²) < 4.78 is 11.7. The maximum atomic E-state index is 5.40. The van der Waals surface area contributed by atoms with Crippen LogP contribution in [0.15, 0.2) is 47.1 Å². The van der Waals surface area contributed by atoms with E-state index >= 15 is 0 Å². The van der Waals surface area contributed by atoms with Crippen LogP contribution in [-0.2, 0) is 13.0 Å². The summed E-state index contributed by atoms with van der Waals surface area (Å²) in [7, 11) is 3.31. The van der Waals surface area contributed by atoms with Gasteiger partial charge in [0.15, 0.2) is 11.5 Å². The van der Waals surface area contributed by atoms with E-state index in [9.17, 15) is 0 Å². The number of para-hydroxylation sites is 1. The summed E-state index contributed by atoms with van der Waals surface area (Å²) in [6.45, 7) is 1.94. The number of hydrogen-bond acceptors (Lipinski definition) is 2. The van der Waals surface area contributed by atoms with Crippen molar-refractivity contribution in [3.63, 3.8) is 0 Å². The van der Waals surface area contributed by atoms with Gasteiger partial charge in [-0.3, -0.25) is 0 Å². The third-order valence-corrected chi connectivity index (χ3v) is 4.76. The number of ether oxygens (including phenoxy) is 2. The van der Waals surface area contributed by atoms with Crippen molar-refractivity contribution in [1.82, 2.24) is 4.98 Å². The molecule has 6 heteroatoms. The normalized spacial score (nSPS) is 10.5. The van der Waals surface area contributed by atoms with Gasteiger partial charge in [-0.2, -0.15) is 0 Å². The average molecular weight is 426 g/mol. The Morgan fingerprint density at radius 2 is 1.92 bits per heavy atom. The van der Waals surface area contributed by atoms with Gasteiger partial charge in [-0.1, -0.05) is 18.2 Å². The number of halogens is 2. The van der Waals surface area contributed by atoms with E-state index in [1.54, 1.807) is 14.2 Å². The van der Waals surface area contributed by atoms with Gasteiger partial charge in [0.25, 0.3) is 0 Å². The van der Waals surface area contributed by atoms with Crippen molar-refractivity contribution < 1.29 is 27.2 Å². The smallest absolute Gasteiger partial charge is 0.174 e. The van der Waals surface area contributed by atoms with Crippen LogP contribution in [-0.4, -0.2) is 25.7 Å². The van der Waals surface area contributed by atoms with Gasteiger partial charge in [0.1, 0.15) is 6.54 Å².